The Morgan fingerprint density at radius 2 is 1.60 bits per heavy atom. The molecule has 0 saturated carbocycles. The van der Waals surface area contributed by atoms with Crippen LogP contribution in [0, 0.1) is 0 Å². The molecular formula is C12H20O3. The van der Waals surface area contributed by atoms with Crippen LogP contribution in [0.5, 0.6) is 0 Å². The lowest BCUT2D eigenvalue weighted by molar-refractivity contribution is -0.136. The zero-order chi connectivity index (χ0) is 11.7. The molecule has 0 rings (SSSR count). The second-order valence-electron chi connectivity index (χ2n) is 3.73. The van der Waals surface area contributed by atoms with Crippen LogP contribution in [0.3, 0.4) is 0 Å². The summed E-state index contributed by atoms with van der Waals surface area (Å²) in [6, 6.07) is 0. The van der Waals surface area contributed by atoms with Crippen molar-refractivity contribution in [3.05, 3.63) is 23.3 Å². The van der Waals surface area contributed by atoms with Crippen LogP contribution in [0.15, 0.2) is 23.3 Å². The Morgan fingerprint density at radius 1 is 1.07 bits per heavy atom. The number of aliphatic carboxylic acids is 1. The molecule has 0 radical (unpaired) electrons. The standard InChI is InChI=1S/C12H20O3/c1-10(6-4-8-12(14)15)5-3-7-11(2)9-13/h6-7,13H,3-5,8-9H2,1-2H3,(H,14,15). The van der Waals surface area contributed by atoms with Gasteiger partial charge in [0.25, 0.3) is 0 Å². The minimum Gasteiger partial charge on any atom is -0.481 e. The quantitative estimate of drug-likeness (QED) is 0.637. The van der Waals surface area contributed by atoms with Crippen molar-refractivity contribution in [1.29, 1.82) is 0 Å². The van der Waals surface area contributed by atoms with Gasteiger partial charge in [-0.15, -0.1) is 0 Å². The lowest BCUT2D eigenvalue weighted by atomic mass is 10.1. The number of hydrogen-bond acceptors (Lipinski definition) is 2. The first-order chi connectivity index (χ1) is 7.06. The summed E-state index contributed by atoms with van der Waals surface area (Å²) in [6.07, 6.45) is 6.61. The number of hydrogen-bond donors (Lipinski definition) is 2. The molecule has 0 unspecified atom stereocenters. The Balaban J connectivity index is 3.73. The maximum Gasteiger partial charge on any atom is 0.303 e. The molecule has 0 saturated heterocycles. The van der Waals surface area contributed by atoms with E-state index in [4.69, 9.17) is 10.2 Å². The molecule has 86 valence electrons. The van der Waals surface area contributed by atoms with E-state index in [1.807, 2.05) is 26.0 Å². The van der Waals surface area contributed by atoms with E-state index < -0.39 is 5.97 Å². The summed E-state index contributed by atoms with van der Waals surface area (Å²) < 4.78 is 0. The van der Waals surface area contributed by atoms with Gasteiger partial charge in [-0.2, -0.15) is 0 Å². The van der Waals surface area contributed by atoms with E-state index in [1.165, 1.54) is 5.57 Å². The molecule has 0 aromatic carbocycles. The number of aliphatic hydroxyl groups is 1. The minimum absolute atomic E-state index is 0.113. The topological polar surface area (TPSA) is 57.5 Å². The SMILES string of the molecule is CC(=CCCC(C)=CCCC(=O)O)CO. The molecular weight excluding hydrogens is 192 g/mol. The molecule has 0 fully saturated rings. The summed E-state index contributed by atoms with van der Waals surface area (Å²) in [4.78, 5) is 10.3. The third-order valence-electron chi connectivity index (χ3n) is 2.13. The molecule has 0 aliphatic rings. The molecule has 0 aromatic heterocycles. The van der Waals surface area contributed by atoms with Crippen LogP contribution in [0.2, 0.25) is 0 Å². The summed E-state index contributed by atoms with van der Waals surface area (Å²) in [6.45, 7) is 4.01. The van der Waals surface area contributed by atoms with E-state index >= 15 is 0 Å². The normalized spacial score (nSPS) is 13.0. The van der Waals surface area contributed by atoms with Gasteiger partial charge >= 0.3 is 5.97 Å². The summed E-state index contributed by atoms with van der Waals surface area (Å²) in [5.41, 5.74) is 2.19. The Morgan fingerprint density at radius 3 is 2.13 bits per heavy atom. The second kappa shape index (κ2) is 8.24. The van der Waals surface area contributed by atoms with Gasteiger partial charge in [0.1, 0.15) is 0 Å². The Labute approximate surface area is 91.1 Å². The van der Waals surface area contributed by atoms with E-state index in [2.05, 4.69) is 0 Å². The average molecular weight is 212 g/mol. The highest BCUT2D eigenvalue weighted by Gasteiger charge is 1.94. The predicted octanol–water partition coefficient (Wildman–Crippen LogP) is 2.52. The highest BCUT2D eigenvalue weighted by atomic mass is 16.4. The van der Waals surface area contributed by atoms with Gasteiger partial charge in [-0.25, -0.2) is 0 Å². The highest BCUT2D eigenvalue weighted by Crippen LogP contribution is 2.08. The molecule has 15 heavy (non-hydrogen) atoms. The maximum absolute atomic E-state index is 10.3. The second-order valence-corrected chi connectivity index (χ2v) is 3.73. The molecule has 0 amide bonds. The van der Waals surface area contributed by atoms with Gasteiger partial charge in [0.05, 0.1) is 6.61 Å². The van der Waals surface area contributed by atoms with Crippen LogP contribution >= 0.6 is 0 Å². The smallest absolute Gasteiger partial charge is 0.303 e. The van der Waals surface area contributed by atoms with Crippen LogP contribution < -0.4 is 0 Å². The fourth-order valence-corrected chi connectivity index (χ4v) is 1.15. The Kier molecular flexibility index (Phi) is 7.64. The minimum atomic E-state index is -0.755. The third kappa shape index (κ3) is 9.22. The van der Waals surface area contributed by atoms with Crippen molar-refractivity contribution in [2.75, 3.05) is 6.61 Å². The molecule has 0 atom stereocenters. The van der Waals surface area contributed by atoms with Crippen molar-refractivity contribution in [2.45, 2.75) is 39.5 Å². The van der Waals surface area contributed by atoms with E-state index in [0.29, 0.717) is 6.42 Å². The van der Waals surface area contributed by atoms with Crippen LogP contribution in [0.25, 0.3) is 0 Å². The zero-order valence-electron chi connectivity index (χ0n) is 9.49. The van der Waals surface area contributed by atoms with Crippen molar-refractivity contribution in [1.82, 2.24) is 0 Å². The van der Waals surface area contributed by atoms with Crippen molar-refractivity contribution in [3.8, 4) is 0 Å². The first kappa shape index (κ1) is 13.9. The number of allylic oxidation sites excluding steroid dienone is 3. The van der Waals surface area contributed by atoms with Gasteiger partial charge in [0, 0.05) is 6.42 Å². The molecule has 2 N–H and O–H groups in total. The van der Waals surface area contributed by atoms with Crippen molar-refractivity contribution in [3.63, 3.8) is 0 Å². The maximum atomic E-state index is 10.3. The van der Waals surface area contributed by atoms with Crippen molar-refractivity contribution in [2.24, 2.45) is 0 Å². The van der Waals surface area contributed by atoms with Crippen LogP contribution in [-0.4, -0.2) is 22.8 Å². The number of rotatable bonds is 7. The van der Waals surface area contributed by atoms with Gasteiger partial charge in [-0.05, 0) is 33.1 Å². The Hall–Kier alpha value is -1.09. The van der Waals surface area contributed by atoms with Gasteiger partial charge in [0.2, 0.25) is 0 Å². The summed E-state index contributed by atoms with van der Waals surface area (Å²) in [5, 5.41) is 17.2. The van der Waals surface area contributed by atoms with E-state index in [9.17, 15) is 4.79 Å². The molecule has 0 aliphatic heterocycles. The van der Waals surface area contributed by atoms with Gasteiger partial charge in [0.15, 0.2) is 0 Å². The fraction of sp³-hybridized carbons (Fsp3) is 0.583. The average Bonchev–Trinajstić information content (AvgIpc) is 2.17. The van der Waals surface area contributed by atoms with Crippen molar-refractivity contribution >= 4 is 5.97 Å². The zero-order valence-corrected chi connectivity index (χ0v) is 9.49. The molecule has 0 spiro atoms. The van der Waals surface area contributed by atoms with E-state index in [0.717, 1.165) is 18.4 Å². The molecule has 0 aliphatic carbocycles. The first-order valence-electron chi connectivity index (χ1n) is 5.20. The van der Waals surface area contributed by atoms with Gasteiger partial charge in [-0.1, -0.05) is 23.3 Å². The largest absolute Gasteiger partial charge is 0.481 e. The summed E-state index contributed by atoms with van der Waals surface area (Å²) >= 11 is 0. The van der Waals surface area contributed by atoms with Crippen LogP contribution in [-0.2, 0) is 4.79 Å². The van der Waals surface area contributed by atoms with Crippen LogP contribution in [0.4, 0.5) is 0 Å². The molecule has 3 nitrogen and oxygen atoms in total. The molecule has 0 bridgehead atoms. The molecule has 0 heterocycles. The van der Waals surface area contributed by atoms with E-state index in [-0.39, 0.29) is 13.0 Å². The molecule has 0 aromatic rings. The van der Waals surface area contributed by atoms with Gasteiger partial charge in [-0.3, -0.25) is 4.79 Å². The molecule has 3 heteroatoms. The highest BCUT2D eigenvalue weighted by molar-refractivity contribution is 5.66. The third-order valence-corrected chi connectivity index (χ3v) is 2.13. The monoisotopic (exact) mass is 212 g/mol. The van der Waals surface area contributed by atoms with Crippen LogP contribution in [0.1, 0.15) is 39.5 Å². The predicted molar refractivity (Wildman–Crippen MR) is 60.7 cm³/mol. The number of carboxylic acids is 1. The van der Waals surface area contributed by atoms with Crippen molar-refractivity contribution < 1.29 is 15.0 Å². The Bertz CT molecular complexity index is 252. The summed E-state index contributed by atoms with van der Waals surface area (Å²) in [7, 11) is 0. The summed E-state index contributed by atoms with van der Waals surface area (Å²) in [5.74, 6) is -0.755. The lowest BCUT2D eigenvalue weighted by Crippen LogP contribution is -1.92. The number of carbonyl (C=O) groups is 1. The first-order valence-corrected chi connectivity index (χ1v) is 5.20. The number of carboxylic acid groups (broad SMARTS) is 1. The van der Waals surface area contributed by atoms with Gasteiger partial charge < -0.3 is 10.2 Å². The number of aliphatic hydroxyl groups excluding tert-OH is 1. The van der Waals surface area contributed by atoms with E-state index in [1.54, 1.807) is 0 Å². The lowest BCUT2D eigenvalue weighted by Gasteiger charge is -1.99. The fourth-order valence-electron chi connectivity index (χ4n) is 1.15.